The molecule has 0 saturated carbocycles. The second-order valence-corrected chi connectivity index (χ2v) is 21.2. The van der Waals surface area contributed by atoms with E-state index < -0.39 is 6.04 Å². The summed E-state index contributed by atoms with van der Waals surface area (Å²) in [7, 11) is 0. The van der Waals surface area contributed by atoms with Gasteiger partial charge in [0, 0.05) is 22.7 Å². The molecule has 4 aliphatic carbocycles. The summed E-state index contributed by atoms with van der Waals surface area (Å²) in [6, 6.07) is 53.6. The van der Waals surface area contributed by atoms with E-state index in [1.807, 2.05) is 24.3 Å². The first-order chi connectivity index (χ1) is 36.8. The van der Waals surface area contributed by atoms with Crippen LogP contribution in [0.2, 0.25) is 0 Å². The Morgan fingerprint density at radius 1 is 0.382 bits per heavy atom. The largest absolute Gasteiger partial charge is 0.327 e. The van der Waals surface area contributed by atoms with Crippen molar-refractivity contribution in [1.82, 2.24) is 0 Å². The van der Waals surface area contributed by atoms with Crippen molar-refractivity contribution in [3.8, 4) is 44.5 Å². The molecule has 0 heterocycles. The molecular weight excluding hydrogens is 931 g/mol. The summed E-state index contributed by atoms with van der Waals surface area (Å²) in [5.41, 5.74) is 27.5. The van der Waals surface area contributed by atoms with Gasteiger partial charge in [0.15, 0.2) is 0 Å². The molecule has 0 saturated heterocycles. The molecule has 0 N–H and O–H groups in total. The van der Waals surface area contributed by atoms with Crippen LogP contribution < -0.4 is 9.80 Å². The van der Waals surface area contributed by atoms with Crippen LogP contribution in [0.25, 0.3) is 44.5 Å². The minimum absolute atomic E-state index is 0.185. The van der Waals surface area contributed by atoms with Gasteiger partial charge in [0.05, 0.1) is 28.8 Å². The number of para-hydroxylation sites is 2. The summed E-state index contributed by atoms with van der Waals surface area (Å²) < 4.78 is 33.7. The fourth-order valence-electron chi connectivity index (χ4n) is 11.6. The lowest BCUT2D eigenvalue weighted by Gasteiger charge is -2.44. The van der Waals surface area contributed by atoms with E-state index in [-0.39, 0.29) is 17.6 Å². The van der Waals surface area contributed by atoms with Gasteiger partial charge in [0.1, 0.15) is 11.6 Å². The fourth-order valence-corrected chi connectivity index (χ4v) is 11.6. The van der Waals surface area contributed by atoms with Gasteiger partial charge in [0.2, 0.25) is 0 Å². The zero-order valence-electron chi connectivity index (χ0n) is 44.4. The molecule has 12 rings (SSSR count). The first-order valence-electron chi connectivity index (χ1n) is 26.4. The Hall–Kier alpha value is -8.60. The van der Waals surface area contributed by atoms with Crippen molar-refractivity contribution >= 4 is 22.7 Å². The molecule has 2 atom stereocenters. The molecule has 0 spiro atoms. The highest BCUT2D eigenvalue weighted by molar-refractivity contribution is 5.92. The number of allylic oxidation sites excluding steroid dienone is 10. The number of anilines is 4. The Bertz CT molecular complexity index is 3960. The number of aryl methyl sites for hydroxylation is 8. The number of nitrogens with zero attached hydrogens (tertiary/aromatic N) is 2. The monoisotopic (exact) mass is 990 g/mol. The van der Waals surface area contributed by atoms with Gasteiger partial charge in [-0.2, -0.15) is 0 Å². The summed E-state index contributed by atoms with van der Waals surface area (Å²) in [5.74, 6) is -0.804. The van der Waals surface area contributed by atoms with Crippen LogP contribution in [0.15, 0.2) is 240 Å². The second kappa shape index (κ2) is 19.3. The van der Waals surface area contributed by atoms with E-state index in [1.54, 1.807) is 24.3 Å². The summed E-state index contributed by atoms with van der Waals surface area (Å²) in [4.78, 5) is 4.34. The predicted octanol–water partition coefficient (Wildman–Crippen LogP) is 19.2. The molecule has 8 aromatic carbocycles. The molecule has 0 aromatic heterocycles. The van der Waals surface area contributed by atoms with Gasteiger partial charge in [-0.05, 0) is 216 Å². The molecule has 0 aliphatic heterocycles. The number of benzene rings is 8. The Labute approximate surface area is 447 Å². The molecule has 4 aliphatic rings. The normalized spacial score (nSPS) is 16.2. The summed E-state index contributed by atoms with van der Waals surface area (Å²) in [6.07, 6.45) is 17.7. The summed E-state index contributed by atoms with van der Waals surface area (Å²) in [6.45, 7) is 17.2. The van der Waals surface area contributed by atoms with Crippen LogP contribution in [-0.2, 0) is 0 Å². The summed E-state index contributed by atoms with van der Waals surface area (Å²) >= 11 is 0. The van der Waals surface area contributed by atoms with E-state index in [4.69, 9.17) is 0 Å². The van der Waals surface area contributed by atoms with Gasteiger partial charge in [-0.1, -0.05) is 152 Å². The maximum Gasteiger partial charge on any atom is 0.147 e. The Morgan fingerprint density at radius 2 is 0.855 bits per heavy atom. The van der Waals surface area contributed by atoms with E-state index in [9.17, 15) is 0 Å². The number of halogens is 2. The lowest BCUT2D eigenvalue weighted by Crippen LogP contribution is -2.38. The molecule has 76 heavy (non-hydrogen) atoms. The highest BCUT2D eigenvalue weighted by atomic mass is 19.1. The molecule has 0 fully saturated rings. The van der Waals surface area contributed by atoms with Gasteiger partial charge in [-0.3, -0.25) is 0 Å². The van der Waals surface area contributed by atoms with Crippen LogP contribution in [0.5, 0.6) is 0 Å². The zero-order chi connectivity index (χ0) is 52.5. The Kier molecular flexibility index (Phi) is 12.3. The maximum atomic E-state index is 16.9. The topological polar surface area (TPSA) is 6.48 Å². The van der Waals surface area contributed by atoms with Crippen LogP contribution in [0.4, 0.5) is 31.5 Å². The Morgan fingerprint density at radius 3 is 1.41 bits per heavy atom. The fraction of sp³-hybridized carbons (Fsp3) is 0.139. The quantitative estimate of drug-likeness (QED) is 0.135. The first kappa shape index (κ1) is 48.3. The van der Waals surface area contributed by atoms with Gasteiger partial charge < -0.3 is 9.80 Å². The molecule has 2 nitrogen and oxygen atoms in total. The van der Waals surface area contributed by atoms with Crippen molar-refractivity contribution in [2.24, 2.45) is 5.92 Å². The van der Waals surface area contributed by atoms with Crippen LogP contribution >= 0.6 is 0 Å². The molecule has 0 radical (unpaired) electrons. The van der Waals surface area contributed by atoms with Gasteiger partial charge >= 0.3 is 0 Å². The third kappa shape index (κ3) is 8.43. The number of rotatable bonds is 10. The highest BCUT2D eigenvalue weighted by Gasteiger charge is 2.41. The Balaban J connectivity index is 1.03. The lowest BCUT2D eigenvalue weighted by atomic mass is 9.67. The molecule has 0 bridgehead atoms. The van der Waals surface area contributed by atoms with Crippen molar-refractivity contribution in [3.05, 3.63) is 296 Å². The van der Waals surface area contributed by atoms with Crippen molar-refractivity contribution in [2.75, 3.05) is 9.80 Å². The zero-order valence-corrected chi connectivity index (χ0v) is 44.4. The average molecular weight is 991 g/mol. The third-order valence-corrected chi connectivity index (χ3v) is 16.5. The van der Waals surface area contributed by atoms with E-state index in [2.05, 4.69) is 223 Å². The smallest absolute Gasteiger partial charge is 0.147 e. The van der Waals surface area contributed by atoms with Crippen molar-refractivity contribution in [3.63, 3.8) is 0 Å². The van der Waals surface area contributed by atoms with Crippen molar-refractivity contribution < 1.29 is 8.78 Å². The number of hydrogen-bond acceptors (Lipinski definition) is 2. The van der Waals surface area contributed by atoms with Crippen LogP contribution in [0.3, 0.4) is 0 Å². The minimum Gasteiger partial charge on any atom is -0.327 e. The van der Waals surface area contributed by atoms with Gasteiger partial charge in [-0.25, -0.2) is 8.78 Å². The number of hydrogen-bond donors (Lipinski definition) is 0. The molecule has 2 unspecified atom stereocenters. The first-order valence-corrected chi connectivity index (χ1v) is 26.4. The molecule has 372 valence electrons. The van der Waals surface area contributed by atoms with E-state index in [0.29, 0.717) is 11.4 Å². The highest BCUT2D eigenvalue weighted by Crippen LogP contribution is 2.54. The molecule has 0 amide bonds. The van der Waals surface area contributed by atoms with Crippen LogP contribution in [0.1, 0.15) is 44.5 Å². The third-order valence-electron chi connectivity index (χ3n) is 16.5. The van der Waals surface area contributed by atoms with Crippen LogP contribution in [0, 0.1) is 72.9 Å². The average Bonchev–Trinajstić information content (AvgIpc) is 3.44. The molecule has 4 heteroatoms. The second-order valence-electron chi connectivity index (χ2n) is 21.2. The van der Waals surface area contributed by atoms with Crippen molar-refractivity contribution in [1.29, 1.82) is 0 Å². The predicted molar refractivity (Wildman–Crippen MR) is 315 cm³/mol. The van der Waals surface area contributed by atoms with E-state index in [0.717, 1.165) is 89.4 Å². The minimum atomic E-state index is -0.398. The molecule has 8 aromatic rings. The van der Waals surface area contributed by atoms with Gasteiger partial charge in [0.25, 0.3) is 0 Å². The van der Waals surface area contributed by atoms with Crippen LogP contribution in [-0.4, -0.2) is 6.04 Å². The summed E-state index contributed by atoms with van der Waals surface area (Å²) in [5, 5.41) is 0. The maximum absolute atomic E-state index is 16.9. The standard InChI is InChI=1S/C72H60F2N2/c1-43-17-21-53(37-47(43)5)55-29-35-67(61(41-55)57-23-19-45(3)49(7)39-57)75(69-15-11-9-13-63(69)73)65-33-27-51-26-32-60-66(34-28-52-25-31-59(65)71(51)72(52)60)76(70-16-12-10-14-64(70)74)68-36-30-56(54-22-18-44(2)48(6)38-54)42-62(68)58-24-20-46(4)50(8)40-58/h9-42,65,72H,1-8H3. The van der Waals surface area contributed by atoms with Crippen molar-refractivity contribution in [2.45, 2.75) is 61.4 Å². The van der Waals surface area contributed by atoms with E-state index in [1.165, 1.54) is 44.5 Å². The lowest BCUT2D eigenvalue weighted by molar-refractivity contribution is 0.622. The SMILES string of the molecule is Cc1ccc(-c2ccc(N(C3=C4C=CC5=C6C(=CC=C(C=C3)C46)C(N(c3ccccc3F)c3ccc(-c4ccc(C)c(C)c4)cc3-c3ccc(C)c(C)c3)C=C5)c3ccccc3F)c(-c3ccc(C)c(C)c3)c2)cc1C. The van der Waals surface area contributed by atoms with E-state index >= 15 is 8.78 Å². The van der Waals surface area contributed by atoms with Gasteiger partial charge in [-0.15, -0.1) is 0 Å². The molecular formula is C72H60F2N2.